The summed E-state index contributed by atoms with van der Waals surface area (Å²) in [5.74, 6) is 0.0385. The van der Waals surface area contributed by atoms with Crippen LogP contribution in [0.3, 0.4) is 0 Å². The Morgan fingerprint density at radius 1 is 0.846 bits per heavy atom. The number of methoxy groups -OCH3 is 1. The first-order valence-electron chi connectivity index (χ1n) is 7.28. The number of benzene rings is 2. The van der Waals surface area contributed by atoms with E-state index in [9.17, 15) is 24.6 Å². The van der Waals surface area contributed by atoms with Gasteiger partial charge in [-0.25, -0.2) is 4.39 Å². The number of hydrogen-bond donors (Lipinski definition) is 0. The van der Waals surface area contributed by atoms with Crippen molar-refractivity contribution < 1.29 is 19.0 Å². The molecule has 26 heavy (non-hydrogen) atoms. The molecule has 0 saturated carbocycles. The van der Waals surface area contributed by atoms with Gasteiger partial charge in [0, 0.05) is 11.3 Å². The zero-order valence-electron chi connectivity index (χ0n) is 13.3. The lowest BCUT2D eigenvalue weighted by Gasteiger charge is -2.06. The van der Waals surface area contributed by atoms with Crippen LogP contribution in [0.25, 0.3) is 22.3 Å². The van der Waals surface area contributed by atoms with E-state index in [0.717, 1.165) is 12.1 Å². The Kier molecular flexibility index (Phi) is 4.63. The van der Waals surface area contributed by atoms with Crippen molar-refractivity contribution in [2.75, 3.05) is 7.11 Å². The standard InChI is InChI=1S/C17H11FN2O5S/c1-25-13-8-4-11(5-9-13)15-14(10-2-6-12(18)7-3-10)16(19(21)22)26-17(15)20(23)24/h2-9H,1H3. The second-order valence-corrected chi connectivity index (χ2v) is 6.19. The van der Waals surface area contributed by atoms with Gasteiger partial charge in [-0.15, -0.1) is 0 Å². The van der Waals surface area contributed by atoms with Gasteiger partial charge >= 0.3 is 10.0 Å². The molecule has 0 spiro atoms. The molecule has 0 amide bonds. The number of hydrogen-bond acceptors (Lipinski definition) is 6. The minimum absolute atomic E-state index is 0.0943. The van der Waals surface area contributed by atoms with Gasteiger partial charge in [0.25, 0.3) is 0 Å². The molecule has 3 rings (SSSR count). The predicted molar refractivity (Wildman–Crippen MR) is 95.0 cm³/mol. The van der Waals surface area contributed by atoms with E-state index in [1.165, 1.54) is 19.2 Å². The molecule has 0 atom stereocenters. The second-order valence-electron chi connectivity index (χ2n) is 5.21. The monoisotopic (exact) mass is 374 g/mol. The van der Waals surface area contributed by atoms with Gasteiger partial charge in [-0.2, -0.15) is 0 Å². The quantitative estimate of drug-likeness (QED) is 0.460. The van der Waals surface area contributed by atoms with Crippen LogP contribution in [0.1, 0.15) is 0 Å². The van der Waals surface area contributed by atoms with E-state index in [1.807, 2.05) is 0 Å². The van der Waals surface area contributed by atoms with Gasteiger partial charge in [-0.1, -0.05) is 24.3 Å². The maximum absolute atomic E-state index is 13.2. The van der Waals surface area contributed by atoms with Gasteiger partial charge in [0.15, 0.2) is 0 Å². The molecule has 0 aliphatic rings. The maximum atomic E-state index is 13.2. The average Bonchev–Trinajstić information content (AvgIpc) is 3.03. The Hall–Kier alpha value is -3.33. The second kappa shape index (κ2) is 6.89. The molecule has 0 aliphatic carbocycles. The topological polar surface area (TPSA) is 95.5 Å². The first kappa shape index (κ1) is 17.5. The van der Waals surface area contributed by atoms with E-state index in [2.05, 4.69) is 0 Å². The highest BCUT2D eigenvalue weighted by atomic mass is 32.1. The molecule has 1 heterocycles. The van der Waals surface area contributed by atoms with Crippen LogP contribution < -0.4 is 4.74 Å². The first-order chi connectivity index (χ1) is 12.4. The lowest BCUT2D eigenvalue weighted by atomic mass is 9.97. The van der Waals surface area contributed by atoms with Gasteiger partial charge in [-0.3, -0.25) is 20.2 Å². The fraction of sp³-hybridized carbons (Fsp3) is 0.0588. The summed E-state index contributed by atoms with van der Waals surface area (Å²) in [5.41, 5.74) is 0.979. The molecule has 1 aromatic heterocycles. The lowest BCUT2D eigenvalue weighted by Crippen LogP contribution is -1.91. The fourth-order valence-corrected chi connectivity index (χ4v) is 3.55. The van der Waals surface area contributed by atoms with E-state index >= 15 is 0 Å². The summed E-state index contributed by atoms with van der Waals surface area (Å²) in [4.78, 5) is 21.7. The van der Waals surface area contributed by atoms with Gasteiger partial charge in [0.2, 0.25) is 0 Å². The zero-order valence-corrected chi connectivity index (χ0v) is 14.2. The highest BCUT2D eigenvalue weighted by Crippen LogP contribution is 2.51. The Morgan fingerprint density at radius 2 is 1.27 bits per heavy atom. The smallest absolute Gasteiger partial charge is 0.338 e. The van der Waals surface area contributed by atoms with Crippen molar-refractivity contribution >= 4 is 21.3 Å². The lowest BCUT2D eigenvalue weighted by molar-refractivity contribution is -0.382. The molecule has 0 fully saturated rings. The molecule has 9 heteroatoms. The molecule has 132 valence electrons. The summed E-state index contributed by atoms with van der Waals surface area (Å²) in [7, 11) is 1.48. The van der Waals surface area contributed by atoms with Crippen molar-refractivity contribution in [1.82, 2.24) is 0 Å². The molecule has 0 radical (unpaired) electrons. The van der Waals surface area contributed by atoms with Crippen LogP contribution in [0.15, 0.2) is 48.5 Å². The Labute approximate surface area is 150 Å². The number of thiophene rings is 1. The molecule has 7 nitrogen and oxygen atoms in total. The van der Waals surface area contributed by atoms with Crippen LogP contribution in [0.2, 0.25) is 0 Å². The summed E-state index contributed by atoms with van der Waals surface area (Å²) in [6.07, 6.45) is 0. The number of nitrogens with zero attached hydrogens (tertiary/aromatic N) is 2. The van der Waals surface area contributed by atoms with Crippen LogP contribution in [-0.2, 0) is 0 Å². The first-order valence-corrected chi connectivity index (χ1v) is 8.10. The van der Waals surface area contributed by atoms with Crippen LogP contribution >= 0.6 is 11.3 Å². The SMILES string of the molecule is COc1ccc(-c2c([N+](=O)[O-])sc([N+](=O)[O-])c2-c2ccc(F)cc2)cc1. The number of rotatable bonds is 5. The highest BCUT2D eigenvalue weighted by Gasteiger charge is 2.34. The van der Waals surface area contributed by atoms with Crippen molar-refractivity contribution in [3.63, 3.8) is 0 Å². The Morgan fingerprint density at radius 3 is 1.65 bits per heavy atom. The Bertz CT molecular complexity index is 984. The van der Waals surface area contributed by atoms with Crippen LogP contribution in [0, 0.1) is 26.0 Å². The van der Waals surface area contributed by atoms with Crippen molar-refractivity contribution in [3.8, 4) is 28.0 Å². The average molecular weight is 374 g/mol. The molecule has 0 bridgehead atoms. The van der Waals surface area contributed by atoms with Crippen molar-refractivity contribution in [2.45, 2.75) is 0 Å². The molecule has 0 saturated heterocycles. The minimum Gasteiger partial charge on any atom is -0.497 e. The minimum atomic E-state index is -0.663. The third-order valence-electron chi connectivity index (χ3n) is 3.71. The van der Waals surface area contributed by atoms with Crippen molar-refractivity contribution in [2.24, 2.45) is 0 Å². The van der Waals surface area contributed by atoms with E-state index in [-0.39, 0.29) is 21.1 Å². The van der Waals surface area contributed by atoms with Crippen molar-refractivity contribution in [1.29, 1.82) is 0 Å². The van der Waals surface area contributed by atoms with Gasteiger partial charge in [0.05, 0.1) is 28.1 Å². The van der Waals surface area contributed by atoms with Gasteiger partial charge in [0.1, 0.15) is 11.6 Å². The van der Waals surface area contributed by atoms with Crippen LogP contribution in [0.5, 0.6) is 5.75 Å². The third kappa shape index (κ3) is 3.11. The number of nitro groups is 2. The number of halogens is 1. The third-order valence-corrected chi connectivity index (χ3v) is 4.81. The Balaban J connectivity index is 2.33. The molecule has 3 aromatic rings. The summed E-state index contributed by atoms with van der Waals surface area (Å²) in [6.45, 7) is 0. The largest absolute Gasteiger partial charge is 0.497 e. The number of ether oxygens (including phenoxy) is 1. The fourth-order valence-electron chi connectivity index (χ4n) is 2.57. The van der Waals surface area contributed by atoms with Crippen LogP contribution in [-0.4, -0.2) is 17.0 Å². The molecular weight excluding hydrogens is 363 g/mol. The van der Waals surface area contributed by atoms with Crippen molar-refractivity contribution in [3.05, 3.63) is 74.6 Å². The molecule has 0 N–H and O–H groups in total. The zero-order chi connectivity index (χ0) is 18.8. The van der Waals surface area contributed by atoms with Gasteiger partial charge in [-0.05, 0) is 35.4 Å². The van der Waals surface area contributed by atoms with Crippen LogP contribution in [0.4, 0.5) is 14.4 Å². The predicted octanol–water partition coefficient (Wildman–Crippen LogP) is 5.05. The van der Waals surface area contributed by atoms with E-state index in [4.69, 9.17) is 4.74 Å². The molecular formula is C17H11FN2O5S. The molecule has 0 unspecified atom stereocenters. The van der Waals surface area contributed by atoms with E-state index < -0.39 is 15.7 Å². The summed E-state index contributed by atoms with van der Waals surface area (Å²) in [6, 6.07) is 11.4. The van der Waals surface area contributed by atoms with Gasteiger partial charge < -0.3 is 4.74 Å². The van der Waals surface area contributed by atoms with E-state index in [1.54, 1.807) is 24.3 Å². The summed E-state index contributed by atoms with van der Waals surface area (Å²) >= 11 is 0.483. The highest BCUT2D eigenvalue weighted by molar-refractivity contribution is 7.19. The summed E-state index contributed by atoms with van der Waals surface area (Å²) < 4.78 is 18.3. The maximum Gasteiger partial charge on any atom is 0.338 e. The molecule has 0 aliphatic heterocycles. The summed E-state index contributed by atoms with van der Waals surface area (Å²) in [5, 5.41) is 22.3. The molecule has 2 aromatic carbocycles. The van der Waals surface area contributed by atoms with E-state index in [0.29, 0.717) is 28.2 Å². The normalized spacial score (nSPS) is 10.5.